The van der Waals surface area contributed by atoms with E-state index < -0.39 is 6.10 Å². The molecular weight excluding hydrogens is 120 g/mol. The summed E-state index contributed by atoms with van der Waals surface area (Å²) in [6.45, 7) is 1.10. The van der Waals surface area contributed by atoms with E-state index >= 15 is 0 Å². The van der Waals surface area contributed by atoms with Gasteiger partial charge in [0.25, 0.3) is 0 Å². The van der Waals surface area contributed by atoms with Crippen molar-refractivity contribution in [2.45, 2.75) is 6.10 Å². The van der Waals surface area contributed by atoms with Gasteiger partial charge in [-0.25, -0.2) is 5.01 Å². The van der Waals surface area contributed by atoms with Crippen LogP contribution in [-0.2, 0) is 0 Å². The molecule has 0 saturated carbocycles. The molecule has 1 rings (SSSR count). The van der Waals surface area contributed by atoms with Gasteiger partial charge in [0.05, 0.1) is 6.10 Å². The van der Waals surface area contributed by atoms with Gasteiger partial charge in [0.1, 0.15) is 0 Å². The maximum absolute atomic E-state index is 9.08. The molecule has 4 heteroatoms. The van der Waals surface area contributed by atoms with Gasteiger partial charge in [-0.3, -0.25) is 5.84 Å². The smallest absolute Gasteiger partial charge is 0.0743 e. The Morgan fingerprint density at radius 2 is 2.22 bits per heavy atom. The van der Waals surface area contributed by atoms with Crippen LogP contribution in [0.25, 0.3) is 0 Å². The molecule has 2 atom stereocenters. The second-order valence-electron chi connectivity index (χ2n) is 2.46. The predicted molar refractivity (Wildman–Crippen MR) is 32.3 cm³/mol. The molecule has 9 heavy (non-hydrogen) atoms. The summed E-state index contributed by atoms with van der Waals surface area (Å²) in [7, 11) is 0. The van der Waals surface area contributed by atoms with Crippen molar-refractivity contribution < 1.29 is 10.2 Å². The van der Waals surface area contributed by atoms with Crippen LogP contribution in [-0.4, -0.2) is 41.0 Å². The Morgan fingerprint density at radius 1 is 1.56 bits per heavy atom. The minimum atomic E-state index is -0.444. The number of hydrogen-bond donors (Lipinski definition) is 3. The summed E-state index contributed by atoms with van der Waals surface area (Å²) >= 11 is 0. The first-order valence-electron chi connectivity index (χ1n) is 3.02. The molecule has 0 radical (unpaired) electrons. The Balaban J connectivity index is 2.38. The van der Waals surface area contributed by atoms with Crippen molar-refractivity contribution in [3.05, 3.63) is 0 Å². The van der Waals surface area contributed by atoms with Crippen molar-refractivity contribution in [1.82, 2.24) is 5.01 Å². The Labute approximate surface area is 53.9 Å². The van der Waals surface area contributed by atoms with Crippen molar-refractivity contribution in [3.8, 4) is 0 Å². The molecule has 0 bridgehead atoms. The summed E-state index contributed by atoms with van der Waals surface area (Å²) in [5, 5.41) is 19.2. The van der Waals surface area contributed by atoms with Crippen LogP contribution in [0.2, 0.25) is 0 Å². The number of nitrogens with two attached hydrogens (primary N) is 1. The van der Waals surface area contributed by atoms with Crippen LogP contribution >= 0.6 is 0 Å². The van der Waals surface area contributed by atoms with Crippen molar-refractivity contribution >= 4 is 0 Å². The summed E-state index contributed by atoms with van der Waals surface area (Å²) in [5.41, 5.74) is 0. The lowest BCUT2D eigenvalue weighted by atomic mass is 10.1. The Bertz CT molecular complexity index is 99.0. The number of β-amino-alcohol motifs (C(OH)–C–C–N with tert-alkyl or cyclic N) is 1. The van der Waals surface area contributed by atoms with Crippen LogP contribution in [0.1, 0.15) is 0 Å². The second-order valence-corrected chi connectivity index (χ2v) is 2.46. The number of hydrazine groups is 1. The first-order chi connectivity index (χ1) is 4.24. The van der Waals surface area contributed by atoms with Crippen molar-refractivity contribution in [2.24, 2.45) is 11.8 Å². The standard InChI is InChI=1S/C5H12N2O2/c6-7-1-4(3-8)5(9)2-7/h4-5,8-9H,1-3,6H2. The number of hydrogen-bond acceptors (Lipinski definition) is 4. The zero-order valence-electron chi connectivity index (χ0n) is 5.20. The van der Waals surface area contributed by atoms with Gasteiger partial charge in [-0.2, -0.15) is 0 Å². The average molecular weight is 132 g/mol. The lowest BCUT2D eigenvalue weighted by molar-refractivity contribution is 0.103. The molecular formula is C5H12N2O2. The molecule has 0 aliphatic carbocycles. The minimum Gasteiger partial charge on any atom is -0.396 e. The van der Waals surface area contributed by atoms with E-state index in [4.69, 9.17) is 16.1 Å². The Hall–Kier alpha value is -0.160. The van der Waals surface area contributed by atoms with Crippen LogP contribution < -0.4 is 5.84 Å². The molecule has 0 amide bonds. The van der Waals surface area contributed by atoms with Gasteiger partial charge < -0.3 is 10.2 Å². The molecule has 4 nitrogen and oxygen atoms in total. The summed E-state index contributed by atoms with van der Waals surface area (Å²) in [6.07, 6.45) is -0.444. The highest BCUT2D eigenvalue weighted by atomic mass is 16.3. The van der Waals surface area contributed by atoms with Crippen LogP contribution in [0.4, 0.5) is 0 Å². The van der Waals surface area contributed by atoms with Crippen molar-refractivity contribution in [3.63, 3.8) is 0 Å². The summed E-state index contributed by atoms with van der Waals surface area (Å²) in [4.78, 5) is 0. The molecule has 1 aliphatic heterocycles. The zero-order chi connectivity index (χ0) is 6.85. The zero-order valence-corrected chi connectivity index (χ0v) is 5.20. The molecule has 1 saturated heterocycles. The van der Waals surface area contributed by atoms with E-state index in [2.05, 4.69) is 0 Å². The highest BCUT2D eigenvalue weighted by Gasteiger charge is 2.28. The first kappa shape index (κ1) is 6.95. The Morgan fingerprint density at radius 3 is 2.44 bits per heavy atom. The van der Waals surface area contributed by atoms with Gasteiger partial charge in [-0.15, -0.1) is 0 Å². The van der Waals surface area contributed by atoms with E-state index in [0.29, 0.717) is 13.1 Å². The quantitative estimate of drug-likeness (QED) is 0.366. The van der Waals surface area contributed by atoms with Crippen LogP contribution in [0.3, 0.4) is 0 Å². The van der Waals surface area contributed by atoms with Gasteiger partial charge in [-0.05, 0) is 0 Å². The monoisotopic (exact) mass is 132 g/mol. The fourth-order valence-electron chi connectivity index (χ4n) is 1.07. The lowest BCUT2D eigenvalue weighted by Crippen LogP contribution is -2.28. The SMILES string of the molecule is NN1CC(O)C(CO)C1. The molecule has 0 aromatic rings. The number of aliphatic hydroxyl groups excluding tert-OH is 2. The third kappa shape index (κ3) is 1.40. The third-order valence-electron chi connectivity index (χ3n) is 1.67. The lowest BCUT2D eigenvalue weighted by Gasteiger charge is -2.06. The van der Waals surface area contributed by atoms with Crippen LogP contribution in [0.5, 0.6) is 0 Å². The fraction of sp³-hybridized carbons (Fsp3) is 1.00. The second kappa shape index (κ2) is 2.62. The summed E-state index contributed by atoms with van der Waals surface area (Å²) in [5.74, 6) is 5.31. The summed E-state index contributed by atoms with van der Waals surface area (Å²) < 4.78 is 0. The van der Waals surface area contributed by atoms with E-state index in [1.54, 1.807) is 0 Å². The van der Waals surface area contributed by atoms with E-state index in [-0.39, 0.29) is 12.5 Å². The maximum Gasteiger partial charge on any atom is 0.0743 e. The molecule has 1 heterocycles. The molecule has 0 spiro atoms. The van der Waals surface area contributed by atoms with Crippen molar-refractivity contribution in [1.29, 1.82) is 0 Å². The summed E-state index contributed by atoms with van der Waals surface area (Å²) in [6, 6.07) is 0. The van der Waals surface area contributed by atoms with Gasteiger partial charge >= 0.3 is 0 Å². The molecule has 4 N–H and O–H groups in total. The van der Waals surface area contributed by atoms with Crippen LogP contribution in [0, 0.1) is 5.92 Å². The Kier molecular flexibility index (Phi) is 2.02. The van der Waals surface area contributed by atoms with E-state index in [0.717, 1.165) is 0 Å². The van der Waals surface area contributed by atoms with E-state index in [1.807, 2.05) is 0 Å². The predicted octanol–water partition coefficient (Wildman–Crippen LogP) is -1.85. The highest BCUT2D eigenvalue weighted by Crippen LogP contribution is 2.12. The molecule has 0 aromatic heterocycles. The maximum atomic E-state index is 9.08. The molecule has 54 valence electrons. The number of nitrogens with zero attached hydrogens (tertiary/aromatic N) is 1. The minimum absolute atomic E-state index is 0.0227. The van der Waals surface area contributed by atoms with Gasteiger partial charge in [0.15, 0.2) is 0 Å². The number of aliphatic hydroxyl groups is 2. The molecule has 1 aliphatic rings. The highest BCUT2D eigenvalue weighted by molar-refractivity contribution is 4.79. The number of rotatable bonds is 1. The topological polar surface area (TPSA) is 69.7 Å². The van der Waals surface area contributed by atoms with Crippen molar-refractivity contribution in [2.75, 3.05) is 19.7 Å². The molecule has 2 unspecified atom stereocenters. The fourth-order valence-corrected chi connectivity index (χ4v) is 1.07. The average Bonchev–Trinajstić information content (AvgIpc) is 2.10. The van der Waals surface area contributed by atoms with Gasteiger partial charge in [0, 0.05) is 25.6 Å². The molecule has 1 fully saturated rings. The third-order valence-corrected chi connectivity index (χ3v) is 1.67. The first-order valence-corrected chi connectivity index (χ1v) is 3.02. The largest absolute Gasteiger partial charge is 0.396 e. The van der Waals surface area contributed by atoms with Gasteiger partial charge in [-0.1, -0.05) is 0 Å². The van der Waals surface area contributed by atoms with Crippen LogP contribution in [0.15, 0.2) is 0 Å². The van der Waals surface area contributed by atoms with E-state index in [9.17, 15) is 0 Å². The van der Waals surface area contributed by atoms with E-state index in [1.165, 1.54) is 5.01 Å². The normalized spacial score (nSPS) is 37.7. The van der Waals surface area contributed by atoms with Gasteiger partial charge in [0.2, 0.25) is 0 Å². The molecule has 0 aromatic carbocycles.